The topological polar surface area (TPSA) is 71.7 Å². The van der Waals surface area contributed by atoms with Crippen LogP contribution in [0.1, 0.15) is 39.5 Å². The SMILES string of the molecule is CC(C)NC(=NCCC1CCCCO1)NN. The standard InChI is InChI=1S/C11H24N4O/c1-9(2)14-11(15-12)13-7-6-10-5-3-4-8-16-10/h9-10H,3-8,12H2,1-2H3,(H2,13,14,15). The normalized spacial score (nSPS) is 22.2. The van der Waals surface area contributed by atoms with Gasteiger partial charge in [0.05, 0.1) is 6.10 Å². The molecular weight excluding hydrogens is 204 g/mol. The molecule has 1 heterocycles. The molecule has 5 heteroatoms. The molecule has 1 saturated heterocycles. The molecule has 1 rings (SSSR count). The molecule has 1 aliphatic heterocycles. The van der Waals surface area contributed by atoms with Gasteiger partial charge >= 0.3 is 0 Å². The summed E-state index contributed by atoms with van der Waals surface area (Å²) >= 11 is 0. The minimum Gasteiger partial charge on any atom is -0.378 e. The Morgan fingerprint density at radius 3 is 2.88 bits per heavy atom. The van der Waals surface area contributed by atoms with Crippen molar-refractivity contribution >= 4 is 5.96 Å². The van der Waals surface area contributed by atoms with Crippen LogP contribution in [0.2, 0.25) is 0 Å². The molecule has 0 aromatic heterocycles. The van der Waals surface area contributed by atoms with Crippen LogP contribution in [0.15, 0.2) is 4.99 Å². The zero-order valence-electron chi connectivity index (χ0n) is 10.3. The summed E-state index contributed by atoms with van der Waals surface area (Å²) in [5.74, 6) is 6.02. The molecule has 0 aliphatic carbocycles. The maximum atomic E-state index is 5.63. The fraction of sp³-hybridized carbons (Fsp3) is 0.909. The Hall–Kier alpha value is -0.810. The third-order valence-corrected chi connectivity index (χ3v) is 2.56. The molecule has 0 aromatic rings. The number of hydrogen-bond acceptors (Lipinski definition) is 3. The van der Waals surface area contributed by atoms with E-state index >= 15 is 0 Å². The van der Waals surface area contributed by atoms with Gasteiger partial charge in [0.25, 0.3) is 0 Å². The molecule has 0 spiro atoms. The zero-order valence-corrected chi connectivity index (χ0v) is 10.3. The molecular formula is C11H24N4O. The van der Waals surface area contributed by atoms with Crippen LogP contribution < -0.4 is 16.6 Å². The highest BCUT2D eigenvalue weighted by atomic mass is 16.5. The highest BCUT2D eigenvalue weighted by Gasteiger charge is 2.12. The van der Waals surface area contributed by atoms with Crippen LogP contribution in [0.5, 0.6) is 0 Å². The Morgan fingerprint density at radius 2 is 2.31 bits per heavy atom. The molecule has 0 radical (unpaired) electrons. The van der Waals surface area contributed by atoms with Gasteiger partial charge in [-0.1, -0.05) is 0 Å². The Morgan fingerprint density at radius 1 is 1.50 bits per heavy atom. The minimum atomic E-state index is 0.334. The summed E-state index contributed by atoms with van der Waals surface area (Å²) in [7, 11) is 0. The smallest absolute Gasteiger partial charge is 0.205 e. The molecule has 94 valence electrons. The molecule has 1 aliphatic rings. The first kappa shape index (κ1) is 13.3. The van der Waals surface area contributed by atoms with Crippen molar-refractivity contribution in [3.8, 4) is 0 Å². The van der Waals surface area contributed by atoms with E-state index in [0.29, 0.717) is 18.1 Å². The second-order valence-corrected chi connectivity index (χ2v) is 4.45. The van der Waals surface area contributed by atoms with Gasteiger partial charge in [-0.15, -0.1) is 0 Å². The van der Waals surface area contributed by atoms with Crippen molar-refractivity contribution in [1.29, 1.82) is 0 Å². The lowest BCUT2D eigenvalue weighted by Gasteiger charge is -2.21. The number of hydrogen-bond donors (Lipinski definition) is 3. The number of nitrogens with two attached hydrogens (primary N) is 1. The maximum Gasteiger partial charge on any atom is 0.205 e. The summed E-state index contributed by atoms with van der Waals surface area (Å²) in [4.78, 5) is 4.37. The Kier molecular flexibility index (Phi) is 6.18. The van der Waals surface area contributed by atoms with Crippen molar-refractivity contribution in [3.63, 3.8) is 0 Å². The van der Waals surface area contributed by atoms with Crippen LogP contribution in [-0.4, -0.2) is 31.3 Å². The third kappa shape index (κ3) is 5.32. The summed E-state index contributed by atoms with van der Waals surface area (Å²) < 4.78 is 5.63. The van der Waals surface area contributed by atoms with Crippen LogP contribution in [0.4, 0.5) is 0 Å². The highest BCUT2D eigenvalue weighted by Crippen LogP contribution is 2.15. The van der Waals surface area contributed by atoms with E-state index in [1.54, 1.807) is 0 Å². The van der Waals surface area contributed by atoms with E-state index in [4.69, 9.17) is 10.6 Å². The molecule has 0 bridgehead atoms. The van der Waals surface area contributed by atoms with Crippen molar-refractivity contribution in [2.75, 3.05) is 13.2 Å². The molecule has 4 N–H and O–H groups in total. The number of rotatable bonds is 4. The summed E-state index contributed by atoms with van der Waals surface area (Å²) in [6.45, 7) is 5.76. The van der Waals surface area contributed by atoms with Crippen molar-refractivity contribution in [2.24, 2.45) is 10.8 Å². The largest absolute Gasteiger partial charge is 0.378 e. The van der Waals surface area contributed by atoms with E-state index in [2.05, 4.69) is 29.6 Å². The van der Waals surface area contributed by atoms with Gasteiger partial charge in [0.2, 0.25) is 5.96 Å². The van der Waals surface area contributed by atoms with Gasteiger partial charge in [0.15, 0.2) is 0 Å². The molecule has 0 amide bonds. The summed E-state index contributed by atoms with van der Waals surface area (Å²) in [5, 5.41) is 3.14. The van der Waals surface area contributed by atoms with Crippen LogP contribution >= 0.6 is 0 Å². The van der Waals surface area contributed by atoms with Crippen molar-refractivity contribution in [3.05, 3.63) is 0 Å². The number of ether oxygens (including phenoxy) is 1. The first-order valence-corrected chi connectivity index (χ1v) is 6.11. The second kappa shape index (κ2) is 7.46. The molecule has 5 nitrogen and oxygen atoms in total. The van der Waals surface area contributed by atoms with Crippen LogP contribution in [0.3, 0.4) is 0 Å². The third-order valence-electron chi connectivity index (χ3n) is 2.56. The van der Waals surface area contributed by atoms with Gasteiger partial charge in [-0.25, -0.2) is 5.84 Å². The quantitative estimate of drug-likeness (QED) is 0.287. The molecule has 1 unspecified atom stereocenters. The molecule has 16 heavy (non-hydrogen) atoms. The van der Waals surface area contributed by atoms with Crippen molar-refractivity contribution < 1.29 is 4.74 Å². The first-order valence-electron chi connectivity index (χ1n) is 6.11. The molecule has 1 fully saturated rings. The van der Waals surface area contributed by atoms with Crippen molar-refractivity contribution in [1.82, 2.24) is 10.7 Å². The van der Waals surface area contributed by atoms with E-state index in [-0.39, 0.29) is 0 Å². The molecule has 1 atom stereocenters. The zero-order chi connectivity index (χ0) is 11.8. The monoisotopic (exact) mass is 228 g/mol. The van der Waals surface area contributed by atoms with Gasteiger partial charge in [0, 0.05) is 19.2 Å². The minimum absolute atomic E-state index is 0.334. The average molecular weight is 228 g/mol. The van der Waals surface area contributed by atoms with Gasteiger partial charge in [-0.2, -0.15) is 0 Å². The lowest BCUT2D eigenvalue weighted by Crippen LogP contribution is -2.44. The number of nitrogens with zero attached hydrogens (tertiary/aromatic N) is 1. The second-order valence-electron chi connectivity index (χ2n) is 4.45. The number of guanidine groups is 1. The predicted octanol–water partition coefficient (Wildman–Crippen LogP) is 0.763. The molecule has 0 aromatic carbocycles. The number of nitrogens with one attached hydrogen (secondary N) is 2. The van der Waals surface area contributed by atoms with Gasteiger partial charge in [0.1, 0.15) is 0 Å². The van der Waals surface area contributed by atoms with E-state index in [9.17, 15) is 0 Å². The number of aliphatic imine (C=N–C) groups is 1. The lowest BCUT2D eigenvalue weighted by molar-refractivity contribution is 0.0129. The van der Waals surface area contributed by atoms with Crippen molar-refractivity contribution in [2.45, 2.75) is 51.7 Å². The van der Waals surface area contributed by atoms with Gasteiger partial charge < -0.3 is 10.1 Å². The van der Waals surface area contributed by atoms with Gasteiger partial charge in [-0.3, -0.25) is 10.4 Å². The highest BCUT2D eigenvalue weighted by molar-refractivity contribution is 5.79. The maximum absolute atomic E-state index is 5.63. The van der Waals surface area contributed by atoms with Crippen LogP contribution in [0.25, 0.3) is 0 Å². The fourth-order valence-corrected chi connectivity index (χ4v) is 1.76. The Bertz CT molecular complexity index is 212. The average Bonchev–Trinajstić information content (AvgIpc) is 2.28. The Labute approximate surface area is 97.8 Å². The fourth-order valence-electron chi connectivity index (χ4n) is 1.76. The lowest BCUT2D eigenvalue weighted by atomic mass is 10.1. The first-order chi connectivity index (χ1) is 7.72. The number of hydrazine groups is 1. The van der Waals surface area contributed by atoms with E-state index in [0.717, 1.165) is 19.6 Å². The van der Waals surface area contributed by atoms with E-state index in [1.165, 1.54) is 19.3 Å². The van der Waals surface area contributed by atoms with E-state index < -0.39 is 0 Å². The predicted molar refractivity (Wildman–Crippen MR) is 66.1 cm³/mol. The van der Waals surface area contributed by atoms with Crippen LogP contribution in [-0.2, 0) is 4.74 Å². The van der Waals surface area contributed by atoms with Crippen LogP contribution in [0, 0.1) is 0 Å². The van der Waals surface area contributed by atoms with Gasteiger partial charge in [-0.05, 0) is 39.5 Å². The van der Waals surface area contributed by atoms with E-state index in [1.807, 2.05) is 0 Å². The summed E-state index contributed by atoms with van der Waals surface area (Å²) in [6.07, 6.45) is 5.00. The summed E-state index contributed by atoms with van der Waals surface area (Å²) in [6, 6.07) is 0.334. The Balaban J connectivity index is 2.21. The molecule has 0 saturated carbocycles. The summed E-state index contributed by atoms with van der Waals surface area (Å²) in [5.41, 5.74) is 2.57.